The first-order valence-electron chi connectivity index (χ1n) is 9.67. The van der Waals surface area contributed by atoms with E-state index < -0.39 is 0 Å². The van der Waals surface area contributed by atoms with Crippen molar-refractivity contribution in [2.75, 3.05) is 12.4 Å². The highest BCUT2D eigenvalue weighted by Gasteiger charge is 2.08. The molecule has 6 nitrogen and oxygen atoms in total. The first-order valence-corrected chi connectivity index (χ1v) is 11.3. The molecule has 8 heteroatoms. The van der Waals surface area contributed by atoms with Gasteiger partial charge in [0.05, 0.1) is 23.5 Å². The number of thiazole rings is 1. The molecule has 0 saturated heterocycles. The summed E-state index contributed by atoms with van der Waals surface area (Å²) >= 11 is 4.96. The van der Waals surface area contributed by atoms with Gasteiger partial charge >= 0.3 is 0 Å². The minimum Gasteiger partial charge on any atom is -0.496 e. The van der Waals surface area contributed by atoms with Gasteiger partial charge in [0.25, 0.3) is 5.91 Å². The van der Waals surface area contributed by atoms with Crippen LogP contribution in [0.2, 0.25) is 0 Å². The number of nitrogens with zero attached hydrogens (tertiary/aromatic N) is 2. The smallest absolute Gasteiger partial charge is 0.271 e. The maximum Gasteiger partial charge on any atom is 0.271 e. The SMILES string of the molecule is COc1ccc(/C=N\NC(=O)c2ccc(-c3csc(Nc4ccccc4)n3)cc2)cc1Br. The van der Waals surface area contributed by atoms with Gasteiger partial charge in [-0.25, -0.2) is 10.4 Å². The topological polar surface area (TPSA) is 75.6 Å². The van der Waals surface area contributed by atoms with Crippen LogP contribution in [0.3, 0.4) is 0 Å². The Balaban J connectivity index is 1.37. The fraction of sp³-hybridized carbons (Fsp3) is 0.0417. The van der Waals surface area contributed by atoms with Crippen molar-refractivity contribution in [2.45, 2.75) is 0 Å². The molecule has 0 fully saturated rings. The Morgan fingerprint density at radius 3 is 2.59 bits per heavy atom. The molecule has 2 N–H and O–H groups in total. The Labute approximate surface area is 198 Å². The normalized spacial score (nSPS) is 10.8. The highest BCUT2D eigenvalue weighted by Crippen LogP contribution is 2.27. The molecule has 160 valence electrons. The predicted molar refractivity (Wildman–Crippen MR) is 133 cm³/mol. The minimum absolute atomic E-state index is 0.287. The molecule has 4 rings (SSSR count). The molecule has 0 unspecified atom stereocenters. The number of hydrazone groups is 1. The van der Waals surface area contributed by atoms with Gasteiger partial charge in [-0.15, -0.1) is 11.3 Å². The number of rotatable bonds is 7. The predicted octanol–water partition coefficient (Wildman–Crippen LogP) is 6.09. The van der Waals surface area contributed by atoms with Crippen LogP contribution in [-0.4, -0.2) is 24.2 Å². The molecular formula is C24H19BrN4O2S. The van der Waals surface area contributed by atoms with Gasteiger partial charge in [0, 0.05) is 22.2 Å². The van der Waals surface area contributed by atoms with Crippen LogP contribution in [0.25, 0.3) is 11.3 Å². The number of para-hydroxylation sites is 1. The second-order valence-electron chi connectivity index (χ2n) is 6.70. The molecule has 0 radical (unpaired) electrons. The summed E-state index contributed by atoms with van der Waals surface area (Å²) in [4.78, 5) is 17.0. The quantitative estimate of drug-likeness (QED) is 0.235. The van der Waals surface area contributed by atoms with E-state index in [1.807, 2.05) is 66.0 Å². The van der Waals surface area contributed by atoms with Gasteiger partial charge in [-0.05, 0) is 64.0 Å². The maximum absolute atomic E-state index is 12.4. The molecule has 0 aliphatic heterocycles. The molecule has 0 spiro atoms. The van der Waals surface area contributed by atoms with E-state index in [9.17, 15) is 4.79 Å². The number of methoxy groups -OCH3 is 1. The Hall–Kier alpha value is -3.49. The number of hydrogen-bond acceptors (Lipinski definition) is 6. The van der Waals surface area contributed by atoms with Crippen molar-refractivity contribution >= 4 is 50.2 Å². The van der Waals surface area contributed by atoms with E-state index in [-0.39, 0.29) is 5.91 Å². The molecule has 0 aliphatic carbocycles. The number of hydrogen-bond donors (Lipinski definition) is 2. The first kappa shape index (κ1) is 21.7. The fourth-order valence-electron chi connectivity index (χ4n) is 2.89. The molecule has 1 aromatic heterocycles. The standard InChI is InChI=1S/C24H19BrN4O2S/c1-31-22-12-7-16(13-20(22)25)14-26-29-23(30)18-10-8-17(9-11-18)21-15-32-24(28-21)27-19-5-3-2-4-6-19/h2-15H,1H3,(H,27,28)(H,29,30)/b26-14-. The van der Waals surface area contributed by atoms with Gasteiger partial charge in [-0.1, -0.05) is 30.3 Å². The van der Waals surface area contributed by atoms with Crippen molar-refractivity contribution in [3.8, 4) is 17.0 Å². The number of carbonyl (C=O) groups is 1. The molecule has 0 saturated carbocycles. The Morgan fingerprint density at radius 2 is 1.88 bits per heavy atom. The summed E-state index contributed by atoms with van der Waals surface area (Å²) in [5, 5.41) is 10.1. The van der Waals surface area contributed by atoms with Crippen molar-refractivity contribution in [2.24, 2.45) is 5.10 Å². The van der Waals surface area contributed by atoms with E-state index in [4.69, 9.17) is 4.74 Å². The maximum atomic E-state index is 12.4. The molecule has 0 bridgehead atoms. The summed E-state index contributed by atoms with van der Waals surface area (Å²) in [5.74, 6) is 0.444. The lowest BCUT2D eigenvalue weighted by Crippen LogP contribution is -2.17. The number of halogens is 1. The molecule has 3 aromatic carbocycles. The second-order valence-corrected chi connectivity index (χ2v) is 8.41. The zero-order chi connectivity index (χ0) is 22.3. The van der Waals surface area contributed by atoms with E-state index in [2.05, 4.69) is 36.8 Å². The van der Waals surface area contributed by atoms with E-state index in [1.165, 1.54) is 11.3 Å². The van der Waals surface area contributed by atoms with Gasteiger partial charge in [0.2, 0.25) is 0 Å². The van der Waals surface area contributed by atoms with E-state index in [0.29, 0.717) is 5.56 Å². The number of benzene rings is 3. The lowest BCUT2D eigenvalue weighted by atomic mass is 10.1. The first-order chi connectivity index (χ1) is 15.6. The van der Waals surface area contributed by atoms with E-state index in [0.717, 1.165) is 37.9 Å². The van der Waals surface area contributed by atoms with Crippen LogP contribution in [0.1, 0.15) is 15.9 Å². The van der Waals surface area contributed by atoms with E-state index >= 15 is 0 Å². The number of ether oxygens (including phenoxy) is 1. The molecule has 32 heavy (non-hydrogen) atoms. The highest BCUT2D eigenvalue weighted by molar-refractivity contribution is 9.10. The van der Waals surface area contributed by atoms with Crippen LogP contribution in [0.5, 0.6) is 5.75 Å². The summed E-state index contributed by atoms with van der Waals surface area (Å²) in [6, 6.07) is 22.7. The van der Waals surface area contributed by atoms with Crippen LogP contribution < -0.4 is 15.5 Å². The zero-order valence-corrected chi connectivity index (χ0v) is 19.5. The number of nitrogens with one attached hydrogen (secondary N) is 2. The van der Waals surface area contributed by atoms with Gasteiger partial charge in [-0.3, -0.25) is 4.79 Å². The average Bonchev–Trinajstić information content (AvgIpc) is 3.28. The second kappa shape index (κ2) is 10.2. The third-order valence-corrected chi connectivity index (χ3v) is 5.91. The number of amides is 1. The van der Waals surface area contributed by atoms with Gasteiger partial charge in [0.1, 0.15) is 5.75 Å². The van der Waals surface area contributed by atoms with Crippen LogP contribution in [0, 0.1) is 0 Å². The minimum atomic E-state index is -0.287. The van der Waals surface area contributed by atoms with Gasteiger partial charge in [-0.2, -0.15) is 5.10 Å². The van der Waals surface area contributed by atoms with Crippen LogP contribution in [0.15, 0.2) is 87.8 Å². The number of carbonyl (C=O) groups excluding carboxylic acids is 1. The highest BCUT2D eigenvalue weighted by atomic mass is 79.9. The summed E-state index contributed by atoms with van der Waals surface area (Å²) in [6.07, 6.45) is 1.58. The van der Waals surface area contributed by atoms with Crippen molar-refractivity contribution < 1.29 is 9.53 Å². The molecular weight excluding hydrogens is 488 g/mol. The van der Waals surface area contributed by atoms with Crippen LogP contribution in [-0.2, 0) is 0 Å². The van der Waals surface area contributed by atoms with Crippen LogP contribution in [0.4, 0.5) is 10.8 Å². The summed E-state index contributed by atoms with van der Waals surface area (Å²) in [6.45, 7) is 0. The Bertz CT molecular complexity index is 1240. The molecule has 1 heterocycles. The summed E-state index contributed by atoms with van der Waals surface area (Å²) < 4.78 is 6.02. The van der Waals surface area contributed by atoms with Crippen molar-refractivity contribution in [1.29, 1.82) is 0 Å². The third-order valence-electron chi connectivity index (χ3n) is 4.53. The van der Waals surface area contributed by atoms with Gasteiger partial charge < -0.3 is 10.1 Å². The number of anilines is 2. The number of aromatic nitrogens is 1. The summed E-state index contributed by atoms with van der Waals surface area (Å²) in [5.41, 5.74) is 6.67. The average molecular weight is 507 g/mol. The molecule has 1 amide bonds. The van der Waals surface area contributed by atoms with Crippen LogP contribution >= 0.6 is 27.3 Å². The van der Waals surface area contributed by atoms with E-state index in [1.54, 1.807) is 25.5 Å². The Morgan fingerprint density at radius 1 is 1.09 bits per heavy atom. The Kier molecular flexibility index (Phi) is 6.94. The van der Waals surface area contributed by atoms with Crippen molar-refractivity contribution in [3.63, 3.8) is 0 Å². The summed E-state index contributed by atoms with van der Waals surface area (Å²) in [7, 11) is 1.61. The third kappa shape index (κ3) is 5.40. The molecule has 0 aliphatic rings. The fourth-order valence-corrected chi connectivity index (χ4v) is 4.19. The lowest BCUT2D eigenvalue weighted by molar-refractivity contribution is 0.0955. The molecule has 0 atom stereocenters. The lowest BCUT2D eigenvalue weighted by Gasteiger charge is -2.04. The molecule has 4 aromatic rings. The monoisotopic (exact) mass is 506 g/mol. The van der Waals surface area contributed by atoms with Gasteiger partial charge in [0.15, 0.2) is 5.13 Å². The zero-order valence-electron chi connectivity index (χ0n) is 17.1. The van der Waals surface area contributed by atoms with Crippen molar-refractivity contribution in [1.82, 2.24) is 10.4 Å². The largest absolute Gasteiger partial charge is 0.496 e. The van der Waals surface area contributed by atoms with Crippen molar-refractivity contribution in [3.05, 3.63) is 93.8 Å².